The molecule has 21 heavy (non-hydrogen) atoms. The van der Waals surface area contributed by atoms with E-state index in [2.05, 4.69) is 5.32 Å². The molecule has 1 aromatic heterocycles. The summed E-state index contributed by atoms with van der Waals surface area (Å²) in [6.07, 6.45) is 0. The molecule has 0 saturated heterocycles. The number of furan rings is 1. The maximum atomic E-state index is 11.6. The molecule has 0 spiro atoms. The fourth-order valence-corrected chi connectivity index (χ4v) is 3.48. The van der Waals surface area contributed by atoms with Crippen molar-refractivity contribution in [3.8, 4) is 0 Å². The van der Waals surface area contributed by atoms with Crippen molar-refractivity contribution < 1.29 is 27.5 Å². The van der Waals surface area contributed by atoms with Crippen LogP contribution in [0, 0.1) is 12.8 Å². The Bertz CT molecular complexity index is 629. The minimum atomic E-state index is -3.44. The topological polar surface area (TPSA) is 114 Å². The van der Waals surface area contributed by atoms with Crippen molar-refractivity contribution in [3.63, 3.8) is 0 Å². The number of carboxylic acid groups (broad SMARTS) is 1. The number of amides is 1. The normalized spacial score (nSPS) is 11.6. The first-order valence-electron chi connectivity index (χ1n) is 6.40. The highest BCUT2D eigenvalue weighted by Crippen LogP contribution is 2.14. The standard InChI is InChI=1S/C13H19NO6S/c1-8(2)6-21(18,19)7-12(15)14-5-10-4-11(13(16)17)9(3)20-10/h4,8H,5-7H2,1-3H3,(H,14,15)(H,16,17). The molecule has 0 fully saturated rings. The summed E-state index contributed by atoms with van der Waals surface area (Å²) in [6.45, 7) is 4.97. The third kappa shape index (κ3) is 5.58. The highest BCUT2D eigenvalue weighted by molar-refractivity contribution is 7.92. The van der Waals surface area contributed by atoms with E-state index >= 15 is 0 Å². The van der Waals surface area contributed by atoms with Crippen LogP contribution in [0.4, 0.5) is 0 Å². The van der Waals surface area contributed by atoms with Crippen molar-refractivity contribution in [2.75, 3.05) is 11.5 Å². The third-order valence-corrected chi connectivity index (χ3v) is 4.47. The van der Waals surface area contributed by atoms with Crippen LogP contribution in [0.3, 0.4) is 0 Å². The van der Waals surface area contributed by atoms with E-state index in [4.69, 9.17) is 9.52 Å². The average Bonchev–Trinajstić information content (AvgIpc) is 2.65. The van der Waals surface area contributed by atoms with Gasteiger partial charge < -0.3 is 14.8 Å². The number of rotatable bonds is 7. The number of sulfone groups is 1. The van der Waals surface area contributed by atoms with Gasteiger partial charge >= 0.3 is 5.97 Å². The second kappa shape index (κ2) is 6.75. The van der Waals surface area contributed by atoms with Crippen LogP contribution < -0.4 is 5.32 Å². The first-order chi connectivity index (χ1) is 9.60. The minimum Gasteiger partial charge on any atom is -0.478 e. The molecule has 8 heteroatoms. The molecule has 7 nitrogen and oxygen atoms in total. The fraction of sp³-hybridized carbons (Fsp3) is 0.538. The van der Waals surface area contributed by atoms with E-state index in [9.17, 15) is 18.0 Å². The molecule has 0 aliphatic carbocycles. The largest absolute Gasteiger partial charge is 0.478 e. The van der Waals surface area contributed by atoms with Crippen LogP contribution in [-0.2, 0) is 21.2 Å². The molecule has 0 aliphatic heterocycles. The van der Waals surface area contributed by atoms with Gasteiger partial charge in [-0.3, -0.25) is 4.79 Å². The second-order valence-electron chi connectivity index (χ2n) is 5.21. The van der Waals surface area contributed by atoms with Crippen molar-refractivity contribution in [2.45, 2.75) is 27.3 Å². The van der Waals surface area contributed by atoms with E-state index in [-0.39, 0.29) is 35.3 Å². The molecule has 1 rings (SSSR count). The molecule has 1 amide bonds. The number of aromatic carboxylic acids is 1. The number of carbonyl (C=O) groups is 2. The van der Waals surface area contributed by atoms with Crippen molar-refractivity contribution in [1.82, 2.24) is 5.32 Å². The van der Waals surface area contributed by atoms with Gasteiger partial charge in [0.2, 0.25) is 5.91 Å². The predicted molar refractivity (Wildman–Crippen MR) is 75.7 cm³/mol. The first-order valence-corrected chi connectivity index (χ1v) is 8.22. The quantitative estimate of drug-likeness (QED) is 0.774. The minimum absolute atomic E-state index is 0.0201. The van der Waals surface area contributed by atoms with Gasteiger partial charge in [0.15, 0.2) is 9.84 Å². The summed E-state index contributed by atoms with van der Waals surface area (Å²) in [5.41, 5.74) is 0.0201. The Labute approximate surface area is 123 Å². The lowest BCUT2D eigenvalue weighted by atomic mass is 10.2. The molecule has 0 aromatic carbocycles. The second-order valence-corrected chi connectivity index (χ2v) is 7.32. The number of hydrogen-bond acceptors (Lipinski definition) is 5. The summed E-state index contributed by atoms with van der Waals surface area (Å²) >= 11 is 0. The highest BCUT2D eigenvalue weighted by atomic mass is 32.2. The van der Waals surface area contributed by atoms with Crippen LogP contribution in [0.1, 0.15) is 35.7 Å². The van der Waals surface area contributed by atoms with Crippen LogP contribution in [-0.4, -0.2) is 36.9 Å². The summed E-state index contributed by atoms with van der Waals surface area (Å²) in [6, 6.07) is 1.31. The summed E-state index contributed by atoms with van der Waals surface area (Å²) < 4.78 is 28.5. The molecule has 0 bridgehead atoms. The van der Waals surface area contributed by atoms with Crippen molar-refractivity contribution >= 4 is 21.7 Å². The number of carboxylic acids is 1. The zero-order valence-corrected chi connectivity index (χ0v) is 13.0. The van der Waals surface area contributed by atoms with E-state index in [1.807, 2.05) is 0 Å². The van der Waals surface area contributed by atoms with Gasteiger partial charge in [0.25, 0.3) is 0 Å². The molecule has 0 radical (unpaired) electrons. The van der Waals surface area contributed by atoms with Gasteiger partial charge in [-0.1, -0.05) is 13.8 Å². The Hall–Kier alpha value is -1.83. The molecule has 0 saturated carbocycles. The van der Waals surface area contributed by atoms with E-state index in [0.717, 1.165) is 0 Å². The van der Waals surface area contributed by atoms with E-state index in [0.29, 0.717) is 0 Å². The Morgan fingerprint density at radius 3 is 2.48 bits per heavy atom. The molecule has 2 N–H and O–H groups in total. The molecule has 1 heterocycles. The maximum absolute atomic E-state index is 11.6. The lowest BCUT2D eigenvalue weighted by Gasteiger charge is -2.07. The van der Waals surface area contributed by atoms with E-state index < -0.39 is 27.5 Å². The van der Waals surface area contributed by atoms with Gasteiger partial charge in [-0.15, -0.1) is 0 Å². The maximum Gasteiger partial charge on any atom is 0.339 e. The Morgan fingerprint density at radius 1 is 1.38 bits per heavy atom. The van der Waals surface area contributed by atoms with Gasteiger partial charge in [0, 0.05) is 0 Å². The van der Waals surface area contributed by atoms with Crippen LogP contribution in [0.5, 0.6) is 0 Å². The highest BCUT2D eigenvalue weighted by Gasteiger charge is 2.19. The number of carbonyl (C=O) groups excluding carboxylic acids is 1. The predicted octanol–water partition coefficient (Wildman–Crippen LogP) is 0.973. The lowest BCUT2D eigenvalue weighted by Crippen LogP contribution is -2.31. The zero-order chi connectivity index (χ0) is 16.2. The van der Waals surface area contributed by atoms with Crippen LogP contribution >= 0.6 is 0 Å². The molecule has 118 valence electrons. The van der Waals surface area contributed by atoms with Crippen LogP contribution in [0.15, 0.2) is 10.5 Å². The summed E-state index contributed by atoms with van der Waals surface area (Å²) in [5, 5.41) is 11.3. The van der Waals surface area contributed by atoms with Crippen molar-refractivity contribution in [1.29, 1.82) is 0 Å². The van der Waals surface area contributed by atoms with Gasteiger partial charge in [0.05, 0.1) is 12.3 Å². The smallest absolute Gasteiger partial charge is 0.339 e. The van der Waals surface area contributed by atoms with Gasteiger partial charge in [-0.2, -0.15) is 0 Å². The Kier molecular flexibility index (Phi) is 5.54. The SMILES string of the molecule is Cc1oc(CNC(=O)CS(=O)(=O)CC(C)C)cc1C(=O)O. The van der Waals surface area contributed by atoms with Gasteiger partial charge in [-0.25, -0.2) is 13.2 Å². The average molecular weight is 317 g/mol. The van der Waals surface area contributed by atoms with Crippen LogP contribution in [0.2, 0.25) is 0 Å². The van der Waals surface area contributed by atoms with Crippen LogP contribution in [0.25, 0.3) is 0 Å². The van der Waals surface area contributed by atoms with Crippen molar-refractivity contribution in [2.24, 2.45) is 5.92 Å². The fourth-order valence-electron chi connectivity index (χ4n) is 1.85. The van der Waals surface area contributed by atoms with Gasteiger partial charge in [0.1, 0.15) is 22.8 Å². The zero-order valence-electron chi connectivity index (χ0n) is 12.2. The first kappa shape index (κ1) is 17.2. The molecule has 1 aromatic rings. The number of aryl methyl sites for hydroxylation is 1. The number of hydrogen-bond donors (Lipinski definition) is 2. The van der Waals surface area contributed by atoms with Gasteiger partial charge in [-0.05, 0) is 18.9 Å². The Morgan fingerprint density at radius 2 is 2.00 bits per heavy atom. The Balaban J connectivity index is 2.58. The third-order valence-electron chi connectivity index (χ3n) is 2.60. The summed E-state index contributed by atoms with van der Waals surface area (Å²) in [5.74, 6) is -1.94. The van der Waals surface area contributed by atoms with E-state index in [1.165, 1.54) is 13.0 Å². The number of nitrogens with one attached hydrogen (secondary N) is 1. The molecule has 0 aliphatic rings. The molecule has 0 unspecified atom stereocenters. The molecule has 0 atom stereocenters. The van der Waals surface area contributed by atoms with E-state index in [1.54, 1.807) is 13.8 Å². The lowest BCUT2D eigenvalue weighted by molar-refractivity contribution is -0.118. The molecular formula is C13H19NO6S. The molecular weight excluding hydrogens is 298 g/mol. The summed E-state index contributed by atoms with van der Waals surface area (Å²) in [4.78, 5) is 22.4. The van der Waals surface area contributed by atoms with Crippen molar-refractivity contribution in [3.05, 3.63) is 23.2 Å². The monoisotopic (exact) mass is 317 g/mol. The summed E-state index contributed by atoms with van der Waals surface area (Å²) in [7, 11) is -3.44.